The van der Waals surface area contributed by atoms with Crippen molar-refractivity contribution in [3.8, 4) is 0 Å². The highest BCUT2D eigenvalue weighted by molar-refractivity contribution is 9.09. The maximum absolute atomic E-state index is 11.0. The maximum atomic E-state index is 11.0. The number of esters is 1. The van der Waals surface area contributed by atoms with Crippen molar-refractivity contribution >= 4 is 21.9 Å². The Bertz CT molecular complexity index is 160. The highest BCUT2D eigenvalue weighted by Crippen LogP contribution is 2.10. The zero-order chi connectivity index (χ0) is 12.1. The molecule has 96 valence electrons. The summed E-state index contributed by atoms with van der Waals surface area (Å²) < 4.78 is 4.87. The van der Waals surface area contributed by atoms with Crippen molar-refractivity contribution in [2.24, 2.45) is 0 Å². The molecular formula is C13H25BrO2. The van der Waals surface area contributed by atoms with Gasteiger partial charge in [0, 0.05) is 11.8 Å². The van der Waals surface area contributed by atoms with E-state index in [-0.39, 0.29) is 5.97 Å². The second-order valence-corrected chi connectivity index (χ2v) is 4.87. The van der Waals surface area contributed by atoms with Crippen molar-refractivity contribution in [3.63, 3.8) is 0 Å². The van der Waals surface area contributed by atoms with E-state index in [2.05, 4.69) is 15.9 Å². The third-order valence-electron chi connectivity index (χ3n) is 2.57. The van der Waals surface area contributed by atoms with Gasteiger partial charge in [-0.05, 0) is 19.8 Å². The zero-order valence-corrected chi connectivity index (χ0v) is 12.1. The number of carbonyl (C=O) groups excluding carboxylic acids is 1. The summed E-state index contributed by atoms with van der Waals surface area (Å²) in [5.74, 6) is -0.0418. The van der Waals surface area contributed by atoms with E-state index in [0.29, 0.717) is 13.0 Å². The molecule has 0 bridgehead atoms. The average Bonchev–Trinajstić information content (AvgIpc) is 2.27. The van der Waals surface area contributed by atoms with Crippen molar-refractivity contribution in [3.05, 3.63) is 0 Å². The summed E-state index contributed by atoms with van der Waals surface area (Å²) in [4.78, 5) is 11.0. The summed E-state index contributed by atoms with van der Waals surface area (Å²) in [5.41, 5.74) is 0. The van der Waals surface area contributed by atoms with Crippen LogP contribution in [0.2, 0.25) is 0 Å². The van der Waals surface area contributed by atoms with Gasteiger partial charge in [0.05, 0.1) is 6.61 Å². The SMILES string of the molecule is CCO[14C](=O)CCCCCCCCCCBr. The Morgan fingerprint density at radius 1 is 0.938 bits per heavy atom. The van der Waals surface area contributed by atoms with Gasteiger partial charge in [-0.25, -0.2) is 0 Å². The Kier molecular flexibility index (Phi) is 13.0. The first kappa shape index (κ1) is 16.0. The molecule has 0 unspecified atom stereocenters. The van der Waals surface area contributed by atoms with Crippen molar-refractivity contribution in [2.75, 3.05) is 11.9 Å². The first-order valence-electron chi connectivity index (χ1n) is 6.52. The fourth-order valence-corrected chi connectivity index (χ4v) is 2.05. The van der Waals surface area contributed by atoms with Crippen LogP contribution in [0.5, 0.6) is 0 Å². The normalized spacial score (nSPS) is 10.4. The second-order valence-electron chi connectivity index (χ2n) is 4.07. The second kappa shape index (κ2) is 13.0. The first-order chi connectivity index (χ1) is 7.81. The monoisotopic (exact) mass is 294 g/mol. The number of rotatable bonds is 11. The molecule has 3 heteroatoms. The lowest BCUT2D eigenvalue weighted by atomic mass is 10.1. The zero-order valence-electron chi connectivity index (χ0n) is 10.5. The van der Waals surface area contributed by atoms with Crippen LogP contribution >= 0.6 is 15.9 Å². The van der Waals surface area contributed by atoms with Crippen molar-refractivity contribution in [1.29, 1.82) is 0 Å². The predicted octanol–water partition coefficient (Wildman–Crippen LogP) is 4.46. The van der Waals surface area contributed by atoms with Gasteiger partial charge in [-0.2, -0.15) is 0 Å². The largest absolute Gasteiger partial charge is 0.466 e. The van der Waals surface area contributed by atoms with Gasteiger partial charge in [-0.3, -0.25) is 4.79 Å². The molecule has 0 rings (SSSR count). The fraction of sp³-hybridized carbons (Fsp3) is 0.923. The maximum Gasteiger partial charge on any atom is 0.305 e. The molecule has 2 nitrogen and oxygen atoms in total. The summed E-state index contributed by atoms with van der Waals surface area (Å²) in [5, 5.41) is 1.13. The van der Waals surface area contributed by atoms with Gasteiger partial charge in [0.1, 0.15) is 0 Å². The van der Waals surface area contributed by atoms with E-state index in [1.54, 1.807) is 0 Å². The molecule has 0 aromatic carbocycles. The molecule has 0 aromatic rings. The van der Waals surface area contributed by atoms with Gasteiger partial charge in [-0.1, -0.05) is 54.5 Å². The fourth-order valence-electron chi connectivity index (χ4n) is 1.66. The van der Waals surface area contributed by atoms with Gasteiger partial charge < -0.3 is 4.74 Å². The highest BCUT2D eigenvalue weighted by Gasteiger charge is 2.00. The minimum atomic E-state index is -0.0418. The number of hydrogen-bond donors (Lipinski definition) is 0. The van der Waals surface area contributed by atoms with Crippen molar-refractivity contribution in [1.82, 2.24) is 0 Å². The molecule has 0 aliphatic carbocycles. The molecule has 0 atom stereocenters. The first-order valence-corrected chi connectivity index (χ1v) is 7.65. The van der Waals surface area contributed by atoms with Crippen molar-refractivity contribution in [2.45, 2.75) is 64.7 Å². The van der Waals surface area contributed by atoms with Crippen LogP contribution in [-0.2, 0) is 9.53 Å². The van der Waals surface area contributed by atoms with Crippen molar-refractivity contribution < 1.29 is 9.53 Å². The Labute approximate surface area is 108 Å². The summed E-state index contributed by atoms with van der Waals surface area (Å²) in [6, 6.07) is 0. The smallest absolute Gasteiger partial charge is 0.305 e. The van der Waals surface area contributed by atoms with E-state index in [1.165, 1.54) is 38.5 Å². The third-order valence-corrected chi connectivity index (χ3v) is 3.13. The molecule has 0 aliphatic rings. The minimum absolute atomic E-state index is 0.0418. The molecule has 0 heterocycles. The van der Waals surface area contributed by atoms with E-state index < -0.39 is 0 Å². The third kappa shape index (κ3) is 12.0. The number of hydrogen-bond acceptors (Lipinski definition) is 2. The van der Waals surface area contributed by atoms with Crippen LogP contribution in [0.1, 0.15) is 64.7 Å². The Morgan fingerprint density at radius 3 is 1.94 bits per heavy atom. The Morgan fingerprint density at radius 2 is 1.44 bits per heavy atom. The highest BCUT2D eigenvalue weighted by atomic mass is 79.9. The molecule has 0 amide bonds. The number of carbonyl (C=O) groups is 1. The van der Waals surface area contributed by atoms with E-state index in [1.807, 2.05) is 6.92 Å². The summed E-state index contributed by atoms with van der Waals surface area (Å²) in [6.07, 6.45) is 10.6. The van der Waals surface area contributed by atoms with Crippen LogP contribution in [0, 0.1) is 0 Å². The van der Waals surface area contributed by atoms with E-state index >= 15 is 0 Å². The van der Waals surface area contributed by atoms with Gasteiger partial charge in [0.2, 0.25) is 0 Å². The van der Waals surface area contributed by atoms with Gasteiger partial charge >= 0.3 is 5.97 Å². The standard InChI is InChI=1S/C13H25BrO2/c1-2-16-13(15)11-9-7-5-3-4-6-8-10-12-14/h2-12H2,1H3/i13+2. The van der Waals surface area contributed by atoms with Crippen LogP contribution in [0.4, 0.5) is 0 Å². The lowest BCUT2D eigenvalue weighted by Gasteiger charge is -2.02. The average molecular weight is 295 g/mol. The van der Waals surface area contributed by atoms with Gasteiger partial charge in [0.15, 0.2) is 0 Å². The van der Waals surface area contributed by atoms with Crippen LogP contribution in [0.25, 0.3) is 0 Å². The number of halogens is 1. The topological polar surface area (TPSA) is 26.3 Å². The van der Waals surface area contributed by atoms with E-state index in [0.717, 1.165) is 18.2 Å². The Balaban J connectivity index is 3.01. The molecule has 16 heavy (non-hydrogen) atoms. The van der Waals surface area contributed by atoms with E-state index in [9.17, 15) is 4.79 Å². The lowest BCUT2D eigenvalue weighted by molar-refractivity contribution is -0.143. The molecule has 0 aromatic heterocycles. The molecule has 0 N–H and O–H groups in total. The van der Waals surface area contributed by atoms with Crippen LogP contribution < -0.4 is 0 Å². The van der Waals surface area contributed by atoms with Crippen LogP contribution in [0.15, 0.2) is 0 Å². The number of ether oxygens (including phenoxy) is 1. The molecule has 0 spiro atoms. The van der Waals surface area contributed by atoms with E-state index in [4.69, 9.17) is 4.74 Å². The number of alkyl halides is 1. The summed E-state index contributed by atoms with van der Waals surface area (Å²) in [6.45, 7) is 2.36. The van der Waals surface area contributed by atoms with Gasteiger partial charge in [0.25, 0.3) is 0 Å². The molecular weight excluding hydrogens is 270 g/mol. The molecule has 0 aliphatic heterocycles. The molecule has 0 radical (unpaired) electrons. The Hall–Kier alpha value is -0.0500. The predicted molar refractivity (Wildman–Crippen MR) is 72.0 cm³/mol. The molecule has 0 saturated carbocycles. The molecule has 0 saturated heterocycles. The quantitative estimate of drug-likeness (QED) is 0.320. The summed E-state index contributed by atoms with van der Waals surface area (Å²) in [7, 11) is 0. The minimum Gasteiger partial charge on any atom is -0.466 e. The molecule has 0 fully saturated rings. The van der Waals surface area contributed by atoms with Crippen LogP contribution in [0.3, 0.4) is 0 Å². The van der Waals surface area contributed by atoms with Crippen LogP contribution in [-0.4, -0.2) is 17.9 Å². The van der Waals surface area contributed by atoms with Gasteiger partial charge in [-0.15, -0.1) is 0 Å². The summed E-state index contributed by atoms with van der Waals surface area (Å²) >= 11 is 3.44. The number of unbranched alkanes of at least 4 members (excludes halogenated alkanes) is 7. The lowest BCUT2D eigenvalue weighted by Crippen LogP contribution is -2.03.